The molecule has 1 atom stereocenters. The Morgan fingerprint density at radius 1 is 1.83 bits per heavy atom. The average molecular weight is 85.2 g/mol. The minimum absolute atomic E-state index is 0.0856. The van der Waals surface area contributed by atoms with Gasteiger partial charge < -0.3 is 0 Å². The SMILES string of the molecule is [CH2]CCC(C)[NH]. The van der Waals surface area contributed by atoms with Crippen molar-refractivity contribution in [2.24, 2.45) is 0 Å². The summed E-state index contributed by atoms with van der Waals surface area (Å²) in [5.74, 6) is 0. The first-order chi connectivity index (χ1) is 2.77. The van der Waals surface area contributed by atoms with Crippen LogP contribution in [-0.4, -0.2) is 6.04 Å². The first-order valence-corrected chi connectivity index (χ1v) is 2.27. The Bertz CT molecular complexity index is 25.1. The van der Waals surface area contributed by atoms with Crippen molar-refractivity contribution in [3.8, 4) is 0 Å². The quantitative estimate of drug-likeness (QED) is 0.482. The fourth-order valence-corrected chi connectivity index (χ4v) is 0.306. The van der Waals surface area contributed by atoms with Gasteiger partial charge in [0.25, 0.3) is 0 Å². The van der Waals surface area contributed by atoms with Crippen LogP contribution in [-0.2, 0) is 0 Å². The zero-order valence-corrected chi connectivity index (χ0v) is 4.20. The lowest BCUT2D eigenvalue weighted by Crippen LogP contribution is -1.99. The molecule has 0 aliphatic rings. The molecular formula is C5H11N. The summed E-state index contributed by atoms with van der Waals surface area (Å²) >= 11 is 0. The average Bonchev–Trinajstić information content (AvgIpc) is 1.35. The third kappa shape index (κ3) is 3.96. The molecule has 0 saturated heterocycles. The topological polar surface area (TPSA) is 23.8 Å². The van der Waals surface area contributed by atoms with Crippen molar-refractivity contribution in [1.29, 1.82) is 0 Å². The van der Waals surface area contributed by atoms with E-state index in [1.54, 1.807) is 0 Å². The molecule has 0 bridgehead atoms. The Morgan fingerprint density at radius 3 is 2.33 bits per heavy atom. The molecule has 0 amide bonds. The van der Waals surface area contributed by atoms with E-state index in [-0.39, 0.29) is 6.04 Å². The van der Waals surface area contributed by atoms with E-state index < -0.39 is 0 Å². The standard InChI is InChI=1S/C5H11N/c1-3-4-5(2)6/h5-6H,1,3-4H2,2H3. The molecule has 0 spiro atoms. The zero-order valence-electron chi connectivity index (χ0n) is 4.20. The second-order valence-electron chi connectivity index (χ2n) is 1.54. The van der Waals surface area contributed by atoms with Crippen molar-refractivity contribution in [3.63, 3.8) is 0 Å². The summed E-state index contributed by atoms with van der Waals surface area (Å²) in [5, 5.41) is 0. The van der Waals surface area contributed by atoms with Gasteiger partial charge in [-0.1, -0.05) is 13.3 Å². The molecule has 0 aromatic carbocycles. The predicted molar refractivity (Wildman–Crippen MR) is 27.1 cm³/mol. The highest BCUT2D eigenvalue weighted by Gasteiger charge is 1.86. The second kappa shape index (κ2) is 3.16. The summed E-state index contributed by atoms with van der Waals surface area (Å²) < 4.78 is 0. The smallest absolute Gasteiger partial charge is 0.0184 e. The van der Waals surface area contributed by atoms with Crippen molar-refractivity contribution in [3.05, 3.63) is 6.92 Å². The molecule has 1 N–H and O–H groups in total. The first kappa shape index (κ1) is 5.96. The van der Waals surface area contributed by atoms with Gasteiger partial charge in [0.2, 0.25) is 0 Å². The van der Waals surface area contributed by atoms with Crippen LogP contribution in [0.1, 0.15) is 19.8 Å². The zero-order chi connectivity index (χ0) is 4.99. The highest BCUT2D eigenvalue weighted by Crippen LogP contribution is 1.89. The second-order valence-corrected chi connectivity index (χ2v) is 1.54. The van der Waals surface area contributed by atoms with Crippen molar-refractivity contribution >= 4 is 0 Å². The fraction of sp³-hybridized carbons (Fsp3) is 0.800. The lowest BCUT2D eigenvalue weighted by molar-refractivity contribution is 0.656. The van der Waals surface area contributed by atoms with Crippen LogP contribution in [0.4, 0.5) is 0 Å². The molecule has 1 heteroatoms. The van der Waals surface area contributed by atoms with Crippen LogP contribution in [0.3, 0.4) is 0 Å². The predicted octanol–water partition coefficient (Wildman–Crippen LogP) is 1.27. The maximum absolute atomic E-state index is 6.94. The Kier molecular flexibility index (Phi) is 3.14. The maximum Gasteiger partial charge on any atom is 0.0184 e. The monoisotopic (exact) mass is 85.1 g/mol. The van der Waals surface area contributed by atoms with Crippen LogP contribution in [0.2, 0.25) is 0 Å². The summed E-state index contributed by atoms with van der Waals surface area (Å²) in [7, 11) is 0. The summed E-state index contributed by atoms with van der Waals surface area (Å²) in [6.07, 6.45) is 1.82. The summed E-state index contributed by atoms with van der Waals surface area (Å²) in [4.78, 5) is 0. The van der Waals surface area contributed by atoms with Crippen molar-refractivity contribution in [2.75, 3.05) is 0 Å². The van der Waals surface area contributed by atoms with Gasteiger partial charge in [-0.25, -0.2) is 0 Å². The Balaban J connectivity index is 2.63. The van der Waals surface area contributed by atoms with Gasteiger partial charge in [-0.2, -0.15) is 0 Å². The van der Waals surface area contributed by atoms with Crippen molar-refractivity contribution in [2.45, 2.75) is 25.8 Å². The van der Waals surface area contributed by atoms with Gasteiger partial charge in [0.15, 0.2) is 0 Å². The molecule has 36 valence electrons. The molecule has 1 unspecified atom stereocenters. The third-order valence-electron chi connectivity index (χ3n) is 0.637. The highest BCUT2D eigenvalue weighted by molar-refractivity contribution is 4.51. The van der Waals surface area contributed by atoms with Gasteiger partial charge in [0.1, 0.15) is 0 Å². The molecule has 0 aliphatic carbocycles. The van der Waals surface area contributed by atoms with E-state index in [4.69, 9.17) is 5.73 Å². The highest BCUT2D eigenvalue weighted by atomic mass is 14.6. The van der Waals surface area contributed by atoms with Gasteiger partial charge in [0, 0.05) is 6.04 Å². The van der Waals surface area contributed by atoms with Gasteiger partial charge >= 0.3 is 0 Å². The molecule has 0 aromatic rings. The fourth-order valence-electron chi connectivity index (χ4n) is 0.306. The van der Waals surface area contributed by atoms with Gasteiger partial charge in [0.05, 0.1) is 0 Å². The van der Waals surface area contributed by atoms with Gasteiger partial charge in [-0.15, -0.1) is 0 Å². The Morgan fingerprint density at radius 2 is 2.33 bits per heavy atom. The Labute approximate surface area is 39.5 Å². The largest absolute Gasteiger partial charge is 0.255 e. The molecule has 2 radical (unpaired) electrons. The molecule has 1 nitrogen and oxygen atoms in total. The molecular weight excluding hydrogens is 74.1 g/mol. The van der Waals surface area contributed by atoms with Gasteiger partial charge in [-0.3, -0.25) is 5.73 Å². The molecule has 0 aromatic heterocycles. The molecule has 0 saturated carbocycles. The van der Waals surface area contributed by atoms with Crippen LogP contribution in [0.25, 0.3) is 0 Å². The van der Waals surface area contributed by atoms with E-state index in [0.29, 0.717) is 0 Å². The summed E-state index contributed by atoms with van der Waals surface area (Å²) in [6.45, 7) is 5.49. The number of rotatable bonds is 2. The molecule has 0 heterocycles. The van der Waals surface area contributed by atoms with E-state index in [9.17, 15) is 0 Å². The lowest BCUT2D eigenvalue weighted by atomic mass is 10.2. The van der Waals surface area contributed by atoms with E-state index in [1.165, 1.54) is 0 Å². The van der Waals surface area contributed by atoms with Crippen LogP contribution in [0.5, 0.6) is 0 Å². The molecule has 6 heavy (non-hydrogen) atoms. The van der Waals surface area contributed by atoms with E-state index >= 15 is 0 Å². The normalized spacial score (nSPS) is 14.5. The van der Waals surface area contributed by atoms with Crippen molar-refractivity contribution in [1.82, 2.24) is 5.73 Å². The Hall–Kier alpha value is -0.0400. The summed E-state index contributed by atoms with van der Waals surface area (Å²) in [5.41, 5.74) is 6.94. The van der Waals surface area contributed by atoms with Crippen LogP contribution < -0.4 is 5.73 Å². The van der Waals surface area contributed by atoms with Crippen LogP contribution >= 0.6 is 0 Å². The van der Waals surface area contributed by atoms with Crippen LogP contribution in [0.15, 0.2) is 0 Å². The maximum atomic E-state index is 6.94. The van der Waals surface area contributed by atoms with E-state index in [0.717, 1.165) is 12.8 Å². The third-order valence-corrected chi connectivity index (χ3v) is 0.637. The van der Waals surface area contributed by atoms with E-state index in [1.807, 2.05) is 6.92 Å². The van der Waals surface area contributed by atoms with Gasteiger partial charge in [-0.05, 0) is 13.3 Å². The number of hydrogen-bond acceptors (Lipinski definition) is 0. The number of hydrogen-bond donors (Lipinski definition) is 0. The number of nitrogens with one attached hydrogen (secondary N) is 1. The molecule has 0 fully saturated rings. The first-order valence-electron chi connectivity index (χ1n) is 2.27. The van der Waals surface area contributed by atoms with Crippen LogP contribution in [0, 0.1) is 6.92 Å². The minimum Gasteiger partial charge on any atom is -0.255 e. The summed E-state index contributed by atoms with van der Waals surface area (Å²) in [6, 6.07) is 0.0856. The molecule has 0 aliphatic heterocycles. The van der Waals surface area contributed by atoms with E-state index in [2.05, 4.69) is 6.92 Å². The van der Waals surface area contributed by atoms with Crippen molar-refractivity contribution < 1.29 is 0 Å². The molecule has 0 rings (SSSR count). The minimum atomic E-state index is 0.0856. The lowest BCUT2D eigenvalue weighted by Gasteiger charge is -1.95.